The normalized spacial score (nSPS) is 9.93. The monoisotopic (exact) mass is 197 g/mol. The van der Waals surface area contributed by atoms with E-state index in [1.807, 2.05) is 11.8 Å². The van der Waals surface area contributed by atoms with Gasteiger partial charge in [-0.15, -0.1) is 0 Å². The first-order valence-electron chi connectivity index (χ1n) is 4.91. The second-order valence-electron chi connectivity index (χ2n) is 3.42. The number of nitrogens with zero attached hydrogens (tertiary/aromatic N) is 3. The van der Waals surface area contributed by atoms with Crippen molar-refractivity contribution in [2.45, 2.75) is 19.8 Å². The molecule has 0 unspecified atom stereocenters. The fourth-order valence-corrected chi connectivity index (χ4v) is 1.13. The molecular formula is C10H19N3O. The number of carbonyl (C=O) groups excluding carboxylic acids is 1. The van der Waals surface area contributed by atoms with Gasteiger partial charge in [0.25, 0.3) is 0 Å². The molecule has 0 aromatic rings. The van der Waals surface area contributed by atoms with Gasteiger partial charge in [0.1, 0.15) is 0 Å². The summed E-state index contributed by atoms with van der Waals surface area (Å²) >= 11 is 0. The Balaban J connectivity index is 3.62. The van der Waals surface area contributed by atoms with E-state index < -0.39 is 0 Å². The SMILES string of the molecule is CCN(CC#N)CCCC(=O)N(C)C. The molecule has 0 aliphatic carbocycles. The molecule has 0 atom stereocenters. The molecule has 0 N–H and O–H groups in total. The molecule has 80 valence electrons. The molecule has 14 heavy (non-hydrogen) atoms. The summed E-state index contributed by atoms with van der Waals surface area (Å²) < 4.78 is 0. The summed E-state index contributed by atoms with van der Waals surface area (Å²) in [5.74, 6) is 0.151. The third-order valence-corrected chi connectivity index (χ3v) is 2.11. The standard InChI is InChI=1S/C10H19N3O/c1-4-13(9-7-11)8-5-6-10(14)12(2)3/h4-6,8-9H2,1-3H3. The van der Waals surface area contributed by atoms with Crippen molar-refractivity contribution >= 4 is 5.91 Å². The zero-order valence-electron chi connectivity index (χ0n) is 9.29. The topological polar surface area (TPSA) is 47.3 Å². The predicted octanol–water partition coefficient (Wildman–Crippen LogP) is 0.700. The molecule has 4 heteroatoms. The average molecular weight is 197 g/mol. The van der Waals surface area contributed by atoms with Crippen molar-refractivity contribution in [2.24, 2.45) is 0 Å². The summed E-state index contributed by atoms with van der Waals surface area (Å²) in [4.78, 5) is 14.8. The Bertz CT molecular complexity index is 208. The van der Waals surface area contributed by atoms with Gasteiger partial charge in [0.2, 0.25) is 5.91 Å². The summed E-state index contributed by atoms with van der Waals surface area (Å²) in [6.45, 7) is 4.16. The van der Waals surface area contributed by atoms with E-state index in [-0.39, 0.29) is 5.91 Å². The maximum absolute atomic E-state index is 11.2. The first-order chi connectivity index (χ1) is 6.61. The van der Waals surface area contributed by atoms with Crippen LogP contribution in [0.3, 0.4) is 0 Å². The smallest absolute Gasteiger partial charge is 0.222 e. The molecule has 0 radical (unpaired) electrons. The van der Waals surface area contributed by atoms with Gasteiger partial charge >= 0.3 is 0 Å². The van der Waals surface area contributed by atoms with Crippen molar-refractivity contribution in [1.29, 1.82) is 5.26 Å². The van der Waals surface area contributed by atoms with Gasteiger partial charge in [0, 0.05) is 20.5 Å². The van der Waals surface area contributed by atoms with Crippen LogP contribution in [0.4, 0.5) is 0 Å². The Morgan fingerprint density at radius 1 is 1.43 bits per heavy atom. The summed E-state index contributed by atoms with van der Waals surface area (Å²) in [6, 6.07) is 2.11. The Kier molecular flexibility index (Phi) is 6.77. The fourth-order valence-electron chi connectivity index (χ4n) is 1.13. The molecule has 0 aliphatic heterocycles. The Morgan fingerprint density at radius 3 is 2.50 bits per heavy atom. The number of carbonyl (C=O) groups is 1. The number of hydrogen-bond donors (Lipinski definition) is 0. The van der Waals surface area contributed by atoms with Crippen LogP contribution in [-0.2, 0) is 4.79 Å². The summed E-state index contributed by atoms with van der Waals surface area (Å²) in [5.41, 5.74) is 0. The molecule has 1 amide bonds. The third kappa shape index (κ3) is 5.55. The molecule has 0 aliphatic rings. The molecule has 0 bridgehead atoms. The van der Waals surface area contributed by atoms with E-state index in [1.165, 1.54) is 0 Å². The first-order valence-corrected chi connectivity index (χ1v) is 4.91. The molecule has 0 aromatic heterocycles. The number of nitriles is 1. The third-order valence-electron chi connectivity index (χ3n) is 2.11. The van der Waals surface area contributed by atoms with E-state index in [4.69, 9.17) is 5.26 Å². The van der Waals surface area contributed by atoms with Crippen molar-refractivity contribution in [1.82, 2.24) is 9.80 Å². The van der Waals surface area contributed by atoms with Gasteiger partial charge in [-0.05, 0) is 19.5 Å². The van der Waals surface area contributed by atoms with E-state index in [1.54, 1.807) is 19.0 Å². The van der Waals surface area contributed by atoms with Gasteiger partial charge < -0.3 is 4.90 Å². The maximum Gasteiger partial charge on any atom is 0.222 e. The van der Waals surface area contributed by atoms with Crippen LogP contribution in [0, 0.1) is 11.3 Å². The van der Waals surface area contributed by atoms with Crippen LogP contribution < -0.4 is 0 Å². The predicted molar refractivity (Wildman–Crippen MR) is 55.7 cm³/mol. The van der Waals surface area contributed by atoms with Gasteiger partial charge in [-0.25, -0.2) is 0 Å². The molecule has 4 nitrogen and oxygen atoms in total. The van der Waals surface area contributed by atoms with E-state index >= 15 is 0 Å². The minimum Gasteiger partial charge on any atom is -0.349 e. The Labute approximate surface area is 86.1 Å². The zero-order valence-corrected chi connectivity index (χ0v) is 9.29. The molecule has 0 saturated heterocycles. The molecule has 0 saturated carbocycles. The minimum absolute atomic E-state index is 0.151. The van der Waals surface area contributed by atoms with E-state index in [0.29, 0.717) is 13.0 Å². The van der Waals surface area contributed by atoms with Crippen LogP contribution in [0.25, 0.3) is 0 Å². The van der Waals surface area contributed by atoms with Crippen LogP contribution in [0.2, 0.25) is 0 Å². The molecular weight excluding hydrogens is 178 g/mol. The molecule has 0 fully saturated rings. The van der Waals surface area contributed by atoms with Crippen LogP contribution in [0.5, 0.6) is 0 Å². The van der Waals surface area contributed by atoms with Crippen molar-refractivity contribution in [2.75, 3.05) is 33.7 Å². The molecule has 0 aromatic carbocycles. The Morgan fingerprint density at radius 2 is 2.07 bits per heavy atom. The summed E-state index contributed by atoms with van der Waals surface area (Å²) in [5, 5.41) is 8.50. The van der Waals surface area contributed by atoms with Gasteiger partial charge in [-0.2, -0.15) is 5.26 Å². The van der Waals surface area contributed by atoms with Crippen LogP contribution in [-0.4, -0.2) is 49.4 Å². The van der Waals surface area contributed by atoms with Crippen molar-refractivity contribution in [3.8, 4) is 6.07 Å². The zero-order chi connectivity index (χ0) is 11.0. The van der Waals surface area contributed by atoms with E-state index in [2.05, 4.69) is 6.07 Å². The second-order valence-corrected chi connectivity index (χ2v) is 3.42. The van der Waals surface area contributed by atoms with E-state index in [9.17, 15) is 4.79 Å². The highest BCUT2D eigenvalue weighted by atomic mass is 16.2. The van der Waals surface area contributed by atoms with Crippen LogP contribution in [0.15, 0.2) is 0 Å². The lowest BCUT2D eigenvalue weighted by atomic mass is 10.2. The van der Waals surface area contributed by atoms with Crippen molar-refractivity contribution in [3.63, 3.8) is 0 Å². The maximum atomic E-state index is 11.2. The van der Waals surface area contributed by atoms with Crippen LogP contribution >= 0.6 is 0 Å². The number of amides is 1. The molecule has 0 spiro atoms. The highest BCUT2D eigenvalue weighted by molar-refractivity contribution is 5.75. The molecule has 0 heterocycles. The molecule has 0 rings (SSSR count). The van der Waals surface area contributed by atoms with Gasteiger partial charge in [-0.1, -0.05) is 6.92 Å². The van der Waals surface area contributed by atoms with Gasteiger partial charge in [0.15, 0.2) is 0 Å². The van der Waals surface area contributed by atoms with Gasteiger partial charge in [0.05, 0.1) is 12.6 Å². The van der Waals surface area contributed by atoms with Crippen LogP contribution in [0.1, 0.15) is 19.8 Å². The quantitative estimate of drug-likeness (QED) is 0.589. The number of rotatable bonds is 6. The number of hydrogen-bond acceptors (Lipinski definition) is 3. The summed E-state index contributed by atoms with van der Waals surface area (Å²) in [7, 11) is 3.52. The van der Waals surface area contributed by atoms with Crippen molar-refractivity contribution < 1.29 is 4.79 Å². The second kappa shape index (κ2) is 7.34. The van der Waals surface area contributed by atoms with Gasteiger partial charge in [-0.3, -0.25) is 9.69 Å². The Hall–Kier alpha value is -1.08. The highest BCUT2D eigenvalue weighted by Crippen LogP contribution is 1.97. The highest BCUT2D eigenvalue weighted by Gasteiger charge is 2.05. The van der Waals surface area contributed by atoms with E-state index in [0.717, 1.165) is 19.5 Å². The average Bonchev–Trinajstić information content (AvgIpc) is 2.16. The first kappa shape index (κ1) is 12.9. The van der Waals surface area contributed by atoms with Crippen molar-refractivity contribution in [3.05, 3.63) is 0 Å². The lowest BCUT2D eigenvalue weighted by molar-refractivity contribution is -0.128. The fraction of sp³-hybridized carbons (Fsp3) is 0.800. The minimum atomic E-state index is 0.151. The lowest BCUT2D eigenvalue weighted by Crippen LogP contribution is -2.27. The lowest BCUT2D eigenvalue weighted by Gasteiger charge is -2.16. The largest absolute Gasteiger partial charge is 0.349 e. The summed E-state index contributed by atoms with van der Waals surface area (Å²) in [6.07, 6.45) is 1.39.